The molecule has 0 saturated heterocycles. The van der Waals surface area contributed by atoms with E-state index in [0.717, 1.165) is 11.3 Å². The van der Waals surface area contributed by atoms with Gasteiger partial charge in [0.2, 0.25) is 5.76 Å². The predicted octanol–water partition coefficient (Wildman–Crippen LogP) is 2.39. The number of fused-ring (bicyclic) bond motifs is 1. The fraction of sp³-hybridized carbons (Fsp3) is 0. The van der Waals surface area contributed by atoms with Crippen molar-refractivity contribution in [2.75, 3.05) is 4.72 Å². The first-order valence-corrected chi connectivity index (χ1v) is 8.23. The van der Waals surface area contributed by atoms with Gasteiger partial charge in [-0.3, -0.25) is 9.52 Å². The van der Waals surface area contributed by atoms with E-state index in [1.54, 1.807) is 35.7 Å². The van der Waals surface area contributed by atoms with E-state index >= 15 is 0 Å². The number of nitrogens with two attached hydrogens (primary N) is 1. The van der Waals surface area contributed by atoms with Crippen LogP contribution in [0.3, 0.4) is 0 Å². The van der Waals surface area contributed by atoms with Crippen molar-refractivity contribution < 1.29 is 17.6 Å². The van der Waals surface area contributed by atoms with Gasteiger partial charge in [0.25, 0.3) is 15.9 Å². The quantitative estimate of drug-likeness (QED) is 0.769. The van der Waals surface area contributed by atoms with Crippen molar-refractivity contribution in [3.63, 3.8) is 0 Å². The van der Waals surface area contributed by atoms with Crippen LogP contribution < -0.4 is 10.5 Å². The first-order chi connectivity index (χ1) is 9.99. The van der Waals surface area contributed by atoms with Gasteiger partial charge in [-0.25, -0.2) is 8.42 Å². The summed E-state index contributed by atoms with van der Waals surface area (Å²) in [5.41, 5.74) is 5.70. The van der Waals surface area contributed by atoms with Crippen LogP contribution in [0.4, 0.5) is 5.69 Å². The van der Waals surface area contributed by atoms with Crippen LogP contribution in [0.25, 0.3) is 11.0 Å². The highest BCUT2D eigenvalue weighted by molar-refractivity contribution is 7.94. The molecule has 0 atom stereocenters. The van der Waals surface area contributed by atoms with E-state index in [1.807, 2.05) is 0 Å². The number of nitrogens with one attached hydrogen (secondary N) is 1. The van der Waals surface area contributed by atoms with Gasteiger partial charge in [0.1, 0.15) is 15.5 Å². The highest BCUT2D eigenvalue weighted by Gasteiger charge is 2.24. The average molecular weight is 322 g/mol. The molecule has 3 aromatic rings. The second-order valence-corrected chi connectivity index (χ2v) is 7.06. The van der Waals surface area contributed by atoms with Crippen molar-refractivity contribution in [1.82, 2.24) is 0 Å². The van der Waals surface area contributed by atoms with Crippen LogP contribution in [0.2, 0.25) is 0 Å². The normalized spacial score (nSPS) is 11.6. The van der Waals surface area contributed by atoms with Gasteiger partial charge < -0.3 is 10.2 Å². The highest BCUT2D eigenvalue weighted by Crippen LogP contribution is 2.32. The number of carbonyl (C=O) groups is 1. The maximum Gasteiger partial charge on any atom is 0.286 e. The van der Waals surface area contributed by atoms with E-state index in [0.29, 0.717) is 11.0 Å². The first kappa shape index (κ1) is 13.7. The molecular weight excluding hydrogens is 312 g/mol. The molecule has 108 valence electrons. The summed E-state index contributed by atoms with van der Waals surface area (Å²) >= 11 is 1.07. The van der Waals surface area contributed by atoms with Crippen LogP contribution in [0.5, 0.6) is 0 Å². The Morgan fingerprint density at radius 3 is 2.62 bits per heavy atom. The summed E-state index contributed by atoms with van der Waals surface area (Å²) in [6, 6.07) is 9.81. The molecule has 0 radical (unpaired) electrons. The molecule has 0 aliphatic carbocycles. The minimum Gasteiger partial charge on any atom is -0.449 e. The zero-order chi connectivity index (χ0) is 15.0. The number of hydrogen-bond donors (Lipinski definition) is 2. The van der Waals surface area contributed by atoms with Crippen LogP contribution in [-0.4, -0.2) is 14.3 Å². The maximum atomic E-state index is 12.3. The standard InChI is InChI=1S/C13H10N2O4S2/c14-13(16)12-11(8-4-1-2-5-9(8)19-12)15-21(17,18)10-6-3-7-20-10/h1-7,15H,(H2,14,16). The number of hydrogen-bond acceptors (Lipinski definition) is 5. The van der Waals surface area contributed by atoms with Crippen LogP contribution in [0.1, 0.15) is 10.6 Å². The topological polar surface area (TPSA) is 102 Å². The van der Waals surface area contributed by atoms with Gasteiger partial charge in [-0.05, 0) is 23.6 Å². The lowest BCUT2D eigenvalue weighted by Gasteiger charge is -2.05. The molecule has 1 aromatic carbocycles. The average Bonchev–Trinajstić information content (AvgIpc) is 3.07. The van der Waals surface area contributed by atoms with E-state index in [1.165, 1.54) is 6.07 Å². The largest absolute Gasteiger partial charge is 0.449 e. The van der Waals surface area contributed by atoms with Gasteiger partial charge in [-0.1, -0.05) is 18.2 Å². The summed E-state index contributed by atoms with van der Waals surface area (Å²) in [4.78, 5) is 11.5. The first-order valence-electron chi connectivity index (χ1n) is 5.87. The zero-order valence-corrected chi connectivity index (χ0v) is 12.2. The van der Waals surface area contributed by atoms with Gasteiger partial charge in [-0.15, -0.1) is 11.3 Å². The molecule has 2 heterocycles. The Labute approximate surface area is 124 Å². The molecule has 3 rings (SSSR count). The summed E-state index contributed by atoms with van der Waals surface area (Å²) < 4.78 is 32.4. The predicted molar refractivity (Wildman–Crippen MR) is 79.9 cm³/mol. The molecule has 0 bridgehead atoms. The van der Waals surface area contributed by atoms with Gasteiger partial charge in [0.05, 0.1) is 0 Å². The van der Waals surface area contributed by atoms with E-state index < -0.39 is 15.9 Å². The third-order valence-electron chi connectivity index (χ3n) is 2.82. The number of benzene rings is 1. The Bertz CT molecular complexity index is 911. The van der Waals surface area contributed by atoms with Crippen LogP contribution >= 0.6 is 11.3 Å². The molecule has 3 N–H and O–H groups in total. The van der Waals surface area contributed by atoms with E-state index in [4.69, 9.17) is 10.2 Å². The van der Waals surface area contributed by atoms with Gasteiger partial charge in [0, 0.05) is 5.39 Å². The van der Waals surface area contributed by atoms with Crippen molar-refractivity contribution in [1.29, 1.82) is 0 Å². The van der Waals surface area contributed by atoms with Crippen molar-refractivity contribution in [3.05, 3.63) is 47.5 Å². The number of para-hydroxylation sites is 1. The molecule has 21 heavy (non-hydrogen) atoms. The summed E-state index contributed by atoms with van der Waals surface area (Å²) in [5.74, 6) is -1.05. The lowest BCUT2D eigenvalue weighted by Crippen LogP contribution is -2.16. The smallest absolute Gasteiger partial charge is 0.286 e. The Morgan fingerprint density at radius 1 is 1.19 bits per heavy atom. The Balaban J connectivity index is 2.16. The number of primary amides is 1. The lowest BCUT2D eigenvalue weighted by atomic mass is 10.2. The third kappa shape index (κ3) is 2.39. The minimum absolute atomic E-state index is 0.0616. The molecule has 0 saturated carbocycles. The fourth-order valence-corrected chi connectivity index (χ4v) is 4.00. The SMILES string of the molecule is NC(=O)c1oc2ccccc2c1NS(=O)(=O)c1cccs1. The van der Waals surface area contributed by atoms with Crippen molar-refractivity contribution in [2.45, 2.75) is 4.21 Å². The Hall–Kier alpha value is -2.32. The Kier molecular flexibility index (Phi) is 3.19. The van der Waals surface area contributed by atoms with E-state index in [2.05, 4.69) is 4.72 Å². The second kappa shape index (κ2) is 4.90. The molecule has 2 aromatic heterocycles. The molecule has 0 unspecified atom stereocenters. The summed E-state index contributed by atoms with van der Waals surface area (Å²) in [6.45, 7) is 0. The van der Waals surface area contributed by atoms with Crippen molar-refractivity contribution in [3.8, 4) is 0 Å². The van der Waals surface area contributed by atoms with Gasteiger partial charge in [-0.2, -0.15) is 0 Å². The maximum absolute atomic E-state index is 12.3. The number of thiophene rings is 1. The van der Waals surface area contributed by atoms with Gasteiger partial charge >= 0.3 is 0 Å². The molecule has 0 aliphatic rings. The summed E-state index contributed by atoms with van der Waals surface area (Å²) in [6.07, 6.45) is 0. The molecule has 0 fully saturated rings. The van der Waals surface area contributed by atoms with E-state index in [9.17, 15) is 13.2 Å². The zero-order valence-electron chi connectivity index (χ0n) is 10.6. The van der Waals surface area contributed by atoms with E-state index in [-0.39, 0.29) is 15.7 Å². The lowest BCUT2D eigenvalue weighted by molar-refractivity contribution is 0.0977. The second-order valence-electron chi connectivity index (χ2n) is 4.20. The third-order valence-corrected chi connectivity index (χ3v) is 5.56. The van der Waals surface area contributed by atoms with Crippen molar-refractivity contribution in [2.24, 2.45) is 5.73 Å². The Morgan fingerprint density at radius 2 is 1.95 bits per heavy atom. The van der Waals surface area contributed by atoms with Crippen molar-refractivity contribution >= 4 is 43.9 Å². The molecular formula is C13H10N2O4S2. The number of furan rings is 1. The summed E-state index contributed by atoms with van der Waals surface area (Å²) in [7, 11) is -3.79. The van der Waals surface area contributed by atoms with Crippen LogP contribution in [-0.2, 0) is 10.0 Å². The highest BCUT2D eigenvalue weighted by atomic mass is 32.2. The number of sulfonamides is 1. The number of carbonyl (C=O) groups excluding carboxylic acids is 1. The molecule has 8 heteroatoms. The molecule has 6 nitrogen and oxygen atoms in total. The molecule has 0 aliphatic heterocycles. The summed E-state index contributed by atoms with van der Waals surface area (Å²) in [5, 5.41) is 2.13. The fourth-order valence-electron chi connectivity index (χ4n) is 1.92. The van der Waals surface area contributed by atoms with Gasteiger partial charge in [0.15, 0.2) is 0 Å². The molecule has 1 amide bonds. The van der Waals surface area contributed by atoms with Crippen LogP contribution in [0.15, 0.2) is 50.4 Å². The number of rotatable bonds is 4. The number of amides is 1. The number of anilines is 1. The monoisotopic (exact) mass is 322 g/mol. The van der Waals surface area contributed by atoms with Crippen LogP contribution in [0, 0.1) is 0 Å². The molecule has 0 spiro atoms. The minimum atomic E-state index is -3.79.